The van der Waals surface area contributed by atoms with E-state index in [1.54, 1.807) is 49.0 Å². The maximum atomic E-state index is 12.0. The van der Waals surface area contributed by atoms with E-state index in [1.165, 1.54) is 0 Å². The Bertz CT molecular complexity index is 618. The van der Waals surface area contributed by atoms with Crippen LogP contribution in [0.25, 0.3) is 5.65 Å². The molecule has 19 heavy (non-hydrogen) atoms. The van der Waals surface area contributed by atoms with Gasteiger partial charge in [0.25, 0.3) is 5.91 Å². The summed E-state index contributed by atoms with van der Waals surface area (Å²) in [5, 5.41) is 11.6. The molecule has 0 unspecified atom stereocenters. The molecule has 0 aliphatic rings. The molecule has 2 rings (SSSR count). The van der Waals surface area contributed by atoms with Gasteiger partial charge in [-0.05, 0) is 18.1 Å². The number of aromatic nitrogens is 2. The van der Waals surface area contributed by atoms with Crippen molar-refractivity contribution in [3.63, 3.8) is 0 Å². The van der Waals surface area contributed by atoms with Crippen LogP contribution in [-0.4, -0.2) is 32.4 Å². The van der Waals surface area contributed by atoms with Gasteiger partial charge in [-0.1, -0.05) is 13.8 Å². The summed E-state index contributed by atoms with van der Waals surface area (Å²) in [6.07, 6.45) is 4.98. The minimum absolute atomic E-state index is 0.182. The van der Waals surface area contributed by atoms with E-state index in [-0.39, 0.29) is 5.92 Å². The van der Waals surface area contributed by atoms with E-state index in [4.69, 9.17) is 5.11 Å². The maximum absolute atomic E-state index is 12.0. The van der Waals surface area contributed by atoms with Crippen LogP contribution in [0.2, 0.25) is 0 Å². The summed E-state index contributed by atoms with van der Waals surface area (Å²) < 4.78 is 1.71. The third kappa shape index (κ3) is 2.73. The highest BCUT2D eigenvalue weighted by Crippen LogP contribution is 2.07. The first-order valence-electron chi connectivity index (χ1n) is 5.95. The van der Waals surface area contributed by atoms with Gasteiger partial charge in [-0.15, -0.1) is 0 Å². The van der Waals surface area contributed by atoms with E-state index in [0.717, 1.165) is 5.65 Å². The fraction of sp³-hybridized carbons (Fsp3) is 0.308. The molecule has 0 aliphatic heterocycles. The van der Waals surface area contributed by atoms with Crippen LogP contribution in [0.1, 0.15) is 24.2 Å². The van der Waals surface area contributed by atoms with Gasteiger partial charge in [-0.2, -0.15) is 0 Å². The van der Waals surface area contributed by atoms with Crippen molar-refractivity contribution in [2.75, 3.05) is 0 Å². The van der Waals surface area contributed by atoms with E-state index in [1.807, 2.05) is 0 Å². The number of nitrogens with zero attached hydrogens (tertiary/aromatic N) is 2. The highest BCUT2D eigenvalue weighted by molar-refractivity contribution is 5.96. The predicted molar refractivity (Wildman–Crippen MR) is 68.9 cm³/mol. The molecule has 6 heteroatoms. The normalized spacial score (nSPS) is 12.6. The second kappa shape index (κ2) is 5.09. The summed E-state index contributed by atoms with van der Waals surface area (Å²) in [7, 11) is 0. The number of carboxylic acid groups (broad SMARTS) is 1. The summed E-state index contributed by atoms with van der Waals surface area (Å²) in [6.45, 7) is 3.50. The average molecular weight is 261 g/mol. The van der Waals surface area contributed by atoms with Crippen LogP contribution in [0.3, 0.4) is 0 Å². The first-order chi connectivity index (χ1) is 8.99. The van der Waals surface area contributed by atoms with E-state index in [2.05, 4.69) is 10.3 Å². The van der Waals surface area contributed by atoms with Crippen LogP contribution < -0.4 is 5.32 Å². The molecule has 0 saturated carbocycles. The molecular formula is C13H15N3O3. The number of pyridine rings is 1. The zero-order valence-electron chi connectivity index (χ0n) is 10.7. The van der Waals surface area contributed by atoms with Crippen molar-refractivity contribution < 1.29 is 14.7 Å². The molecule has 0 spiro atoms. The lowest BCUT2D eigenvalue weighted by Gasteiger charge is -2.17. The highest BCUT2D eigenvalue weighted by atomic mass is 16.4. The van der Waals surface area contributed by atoms with Gasteiger partial charge in [0, 0.05) is 18.6 Å². The quantitative estimate of drug-likeness (QED) is 0.865. The van der Waals surface area contributed by atoms with Gasteiger partial charge < -0.3 is 14.8 Å². The molecule has 0 fully saturated rings. The second-order valence-electron chi connectivity index (χ2n) is 4.64. The zero-order valence-corrected chi connectivity index (χ0v) is 10.7. The summed E-state index contributed by atoms with van der Waals surface area (Å²) in [5.41, 5.74) is 1.13. The number of fused-ring (bicyclic) bond motifs is 1. The number of nitrogens with one attached hydrogen (secondary N) is 1. The molecule has 0 aromatic carbocycles. The molecule has 0 aliphatic carbocycles. The topological polar surface area (TPSA) is 83.7 Å². The van der Waals surface area contributed by atoms with Gasteiger partial charge in [0.1, 0.15) is 11.7 Å². The Morgan fingerprint density at radius 1 is 1.37 bits per heavy atom. The monoisotopic (exact) mass is 261 g/mol. The van der Waals surface area contributed by atoms with Crippen molar-refractivity contribution in [2.45, 2.75) is 19.9 Å². The van der Waals surface area contributed by atoms with Crippen LogP contribution in [0.4, 0.5) is 0 Å². The number of amides is 1. The number of carboxylic acids is 1. The molecule has 2 heterocycles. The van der Waals surface area contributed by atoms with Gasteiger partial charge in [0.05, 0.1) is 5.56 Å². The van der Waals surface area contributed by atoms with Crippen molar-refractivity contribution in [3.05, 3.63) is 36.3 Å². The molecule has 2 aromatic rings. The summed E-state index contributed by atoms with van der Waals surface area (Å²) in [6, 6.07) is 2.43. The van der Waals surface area contributed by atoms with Crippen molar-refractivity contribution in [1.29, 1.82) is 0 Å². The third-order valence-corrected chi connectivity index (χ3v) is 2.87. The molecule has 1 atom stereocenters. The Hall–Kier alpha value is -2.37. The molecule has 2 N–H and O–H groups in total. The molecule has 0 bridgehead atoms. The van der Waals surface area contributed by atoms with Crippen molar-refractivity contribution in [3.8, 4) is 0 Å². The Balaban J connectivity index is 2.21. The lowest BCUT2D eigenvalue weighted by Crippen LogP contribution is -2.44. The number of rotatable bonds is 4. The van der Waals surface area contributed by atoms with E-state index in [0.29, 0.717) is 5.56 Å². The molecule has 6 nitrogen and oxygen atoms in total. The lowest BCUT2D eigenvalue weighted by molar-refractivity contribution is -0.140. The number of carbonyl (C=O) groups excluding carboxylic acids is 1. The minimum atomic E-state index is -1.04. The lowest BCUT2D eigenvalue weighted by atomic mass is 10.0. The summed E-state index contributed by atoms with van der Waals surface area (Å²) >= 11 is 0. The Labute approximate surface area is 110 Å². The van der Waals surface area contributed by atoms with Crippen molar-refractivity contribution in [1.82, 2.24) is 14.7 Å². The first kappa shape index (κ1) is 13.1. The smallest absolute Gasteiger partial charge is 0.326 e. The van der Waals surface area contributed by atoms with Crippen molar-refractivity contribution in [2.24, 2.45) is 5.92 Å². The van der Waals surface area contributed by atoms with Gasteiger partial charge in [0.15, 0.2) is 0 Å². The van der Waals surface area contributed by atoms with Gasteiger partial charge in [-0.3, -0.25) is 4.79 Å². The molecule has 1 amide bonds. The molecule has 100 valence electrons. The molecule has 2 aromatic heterocycles. The maximum Gasteiger partial charge on any atom is 0.326 e. The SMILES string of the molecule is CC(C)[C@H](NC(=O)c1ccc2nccn2c1)C(=O)O. The Morgan fingerprint density at radius 2 is 2.11 bits per heavy atom. The fourth-order valence-corrected chi connectivity index (χ4v) is 1.79. The highest BCUT2D eigenvalue weighted by Gasteiger charge is 2.23. The Morgan fingerprint density at radius 3 is 2.74 bits per heavy atom. The average Bonchev–Trinajstić information content (AvgIpc) is 2.81. The number of imidazole rings is 1. The van der Waals surface area contributed by atoms with Gasteiger partial charge in [0.2, 0.25) is 0 Å². The summed E-state index contributed by atoms with van der Waals surface area (Å²) in [5.74, 6) is -1.62. The van der Waals surface area contributed by atoms with Crippen LogP contribution >= 0.6 is 0 Å². The number of aliphatic carboxylic acids is 1. The second-order valence-corrected chi connectivity index (χ2v) is 4.64. The Kier molecular flexibility index (Phi) is 3.50. The number of hydrogen-bond donors (Lipinski definition) is 2. The number of hydrogen-bond acceptors (Lipinski definition) is 3. The molecular weight excluding hydrogens is 246 g/mol. The molecule has 0 saturated heterocycles. The van der Waals surface area contributed by atoms with Gasteiger partial charge in [-0.25, -0.2) is 9.78 Å². The third-order valence-electron chi connectivity index (χ3n) is 2.87. The van der Waals surface area contributed by atoms with Crippen molar-refractivity contribution >= 4 is 17.5 Å². The fourth-order valence-electron chi connectivity index (χ4n) is 1.79. The van der Waals surface area contributed by atoms with Gasteiger partial charge >= 0.3 is 5.97 Å². The van der Waals surface area contributed by atoms with Crippen LogP contribution in [0, 0.1) is 5.92 Å². The van der Waals surface area contributed by atoms with Crippen LogP contribution in [0.15, 0.2) is 30.7 Å². The zero-order chi connectivity index (χ0) is 14.0. The van der Waals surface area contributed by atoms with E-state index < -0.39 is 17.9 Å². The van der Waals surface area contributed by atoms with E-state index >= 15 is 0 Å². The van der Waals surface area contributed by atoms with Crippen LogP contribution in [-0.2, 0) is 4.79 Å². The van der Waals surface area contributed by atoms with Crippen LogP contribution in [0.5, 0.6) is 0 Å². The van der Waals surface area contributed by atoms with E-state index in [9.17, 15) is 9.59 Å². The minimum Gasteiger partial charge on any atom is -0.480 e. The predicted octanol–water partition coefficient (Wildman–Crippen LogP) is 1.17. The molecule has 0 radical (unpaired) electrons. The standard InChI is InChI=1S/C13H15N3O3/c1-8(2)11(13(18)19)15-12(17)9-3-4-10-14-5-6-16(10)7-9/h3-8,11H,1-2H3,(H,15,17)(H,18,19)/t11-/m0/s1. The summed E-state index contributed by atoms with van der Waals surface area (Å²) in [4.78, 5) is 27.1. The largest absolute Gasteiger partial charge is 0.480 e. The first-order valence-corrected chi connectivity index (χ1v) is 5.95. The number of carbonyl (C=O) groups is 2.